The van der Waals surface area contributed by atoms with E-state index in [1.54, 1.807) is 12.1 Å². The average molecular weight is 310 g/mol. The van der Waals surface area contributed by atoms with E-state index in [9.17, 15) is 9.18 Å². The minimum absolute atomic E-state index is 0.213. The highest BCUT2D eigenvalue weighted by Crippen LogP contribution is 2.32. The van der Waals surface area contributed by atoms with E-state index in [0.717, 1.165) is 24.1 Å². The van der Waals surface area contributed by atoms with Gasteiger partial charge in [0.1, 0.15) is 5.82 Å². The fraction of sp³-hybridized carbons (Fsp3) is 0.211. The van der Waals surface area contributed by atoms with Gasteiger partial charge in [0, 0.05) is 11.4 Å². The van der Waals surface area contributed by atoms with Gasteiger partial charge in [-0.2, -0.15) is 0 Å². The number of carbonyl (C=O) groups is 1. The molecule has 0 atom stereocenters. The van der Waals surface area contributed by atoms with Crippen molar-refractivity contribution < 1.29 is 9.18 Å². The van der Waals surface area contributed by atoms with E-state index >= 15 is 0 Å². The number of halogens is 1. The van der Waals surface area contributed by atoms with E-state index in [4.69, 9.17) is 0 Å². The van der Waals surface area contributed by atoms with Crippen molar-refractivity contribution in [1.82, 2.24) is 0 Å². The lowest BCUT2D eigenvalue weighted by molar-refractivity contribution is 0.262. The summed E-state index contributed by atoms with van der Waals surface area (Å²) in [4.78, 5) is 12.0. The number of rotatable bonds is 3. The van der Waals surface area contributed by atoms with Crippen molar-refractivity contribution in [3.8, 4) is 0 Å². The Morgan fingerprint density at radius 3 is 2.52 bits per heavy atom. The third kappa shape index (κ3) is 3.59. The summed E-state index contributed by atoms with van der Waals surface area (Å²) in [5, 5.41) is 5.44. The second kappa shape index (κ2) is 6.65. The van der Waals surface area contributed by atoms with Crippen molar-refractivity contribution in [1.29, 1.82) is 0 Å². The first kappa shape index (κ1) is 15.3. The van der Waals surface area contributed by atoms with Crippen LogP contribution in [0.5, 0.6) is 0 Å². The molecule has 0 radical (unpaired) electrons. The number of nitrogens with one attached hydrogen (secondary N) is 2. The van der Waals surface area contributed by atoms with Crippen molar-refractivity contribution in [3.63, 3.8) is 0 Å². The molecule has 1 aliphatic carbocycles. The molecule has 1 aliphatic rings. The Balaban J connectivity index is 1.67. The Labute approximate surface area is 135 Å². The number of urea groups is 1. The van der Waals surface area contributed by atoms with Gasteiger partial charge in [0.2, 0.25) is 0 Å². The van der Waals surface area contributed by atoms with Crippen LogP contribution in [0, 0.1) is 12.7 Å². The van der Waals surface area contributed by atoms with Gasteiger partial charge in [-0.15, -0.1) is 0 Å². The van der Waals surface area contributed by atoms with Gasteiger partial charge in [0.15, 0.2) is 0 Å². The Bertz CT molecular complexity index is 747. The largest absolute Gasteiger partial charge is 0.323 e. The maximum absolute atomic E-state index is 14.2. The molecule has 23 heavy (non-hydrogen) atoms. The second-order valence-corrected chi connectivity index (χ2v) is 5.77. The zero-order valence-electron chi connectivity index (χ0n) is 13.0. The number of benzene rings is 2. The van der Waals surface area contributed by atoms with Crippen LogP contribution >= 0.6 is 0 Å². The van der Waals surface area contributed by atoms with E-state index in [2.05, 4.69) is 22.8 Å². The molecule has 0 saturated heterocycles. The molecule has 0 bridgehead atoms. The van der Waals surface area contributed by atoms with Gasteiger partial charge in [-0.1, -0.05) is 36.4 Å². The van der Waals surface area contributed by atoms with E-state index in [-0.39, 0.29) is 17.8 Å². The summed E-state index contributed by atoms with van der Waals surface area (Å²) in [6, 6.07) is 12.0. The van der Waals surface area contributed by atoms with Crippen molar-refractivity contribution >= 4 is 17.4 Å². The number of allylic oxidation sites excluding steroid dienone is 2. The highest BCUT2D eigenvalue weighted by Gasteiger charge is 2.17. The predicted octanol–water partition coefficient (Wildman–Crippen LogP) is 5.21. The molecule has 2 N–H and O–H groups in total. The van der Waals surface area contributed by atoms with E-state index in [1.165, 1.54) is 6.07 Å². The standard InChI is InChI=1S/C19H19FN2O/c1-13-6-2-5-9-18(13)22-19(23)21-15-10-11-16(17(20)12-15)14-7-3-4-8-14/h2-6,9-12,14H,7-8H2,1H3,(H2,21,22,23). The summed E-state index contributed by atoms with van der Waals surface area (Å²) in [6.45, 7) is 1.92. The fourth-order valence-electron chi connectivity index (χ4n) is 2.80. The zero-order valence-corrected chi connectivity index (χ0v) is 13.0. The third-order valence-corrected chi connectivity index (χ3v) is 4.10. The molecule has 0 fully saturated rings. The number of carbonyl (C=O) groups excluding carboxylic acids is 1. The number of amides is 2. The number of hydrogen-bond donors (Lipinski definition) is 2. The minimum atomic E-state index is -0.381. The number of anilines is 2. The Kier molecular flexibility index (Phi) is 4.42. The fourth-order valence-corrected chi connectivity index (χ4v) is 2.80. The molecular weight excluding hydrogens is 291 g/mol. The monoisotopic (exact) mass is 310 g/mol. The van der Waals surface area contributed by atoms with Gasteiger partial charge in [-0.25, -0.2) is 9.18 Å². The highest BCUT2D eigenvalue weighted by atomic mass is 19.1. The lowest BCUT2D eigenvalue weighted by Gasteiger charge is -2.13. The van der Waals surface area contributed by atoms with Crippen LogP contribution in [0.15, 0.2) is 54.6 Å². The quantitative estimate of drug-likeness (QED) is 0.751. The van der Waals surface area contributed by atoms with Crippen LogP contribution < -0.4 is 10.6 Å². The van der Waals surface area contributed by atoms with Crippen LogP contribution in [0.1, 0.15) is 29.9 Å². The van der Waals surface area contributed by atoms with Crippen molar-refractivity contribution in [2.75, 3.05) is 10.6 Å². The molecular formula is C19H19FN2O. The van der Waals surface area contributed by atoms with Crippen LogP contribution in [-0.2, 0) is 0 Å². The lowest BCUT2D eigenvalue weighted by atomic mass is 9.96. The maximum atomic E-state index is 14.2. The Morgan fingerprint density at radius 2 is 1.83 bits per heavy atom. The average Bonchev–Trinajstić information content (AvgIpc) is 3.04. The third-order valence-electron chi connectivity index (χ3n) is 4.10. The molecule has 118 valence electrons. The normalized spacial score (nSPS) is 14.0. The van der Waals surface area contributed by atoms with Crippen molar-refractivity contribution in [2.24, 2.45) is 0 Å². The Morgan fingerprint density at radius 1 is 1.09 bits per heavy atom. The molecule has 0 aromatic heterocycles. The van der Waals surface area contributed by atoms with Crippen molar-refractivity contribution in [2.45, 2.75) is 25.7 Å². The summed E-state index contributed by atoms with van der Waals surface area (Å²) >= 11 is 0. The summed E-state index contributed by atoms with van der Waals surface area (Å²) < 4.78 is 14.2. The molecule has 0 heterocycles. The molecule has 3 rings (SSSR count). The van der Waals surface area contributed by atoms with Gasteiger partial charge in [0.05, 0.1) is 0 Å². The molecule has 0 aliphatic heterocycles. The smallest absolute Gasteiger partial charge is 0.308 e. The maximum Gasteiger partial charge on any atom is 0.323 e. The predicted molar refractivity (Wildman–Crippen MR) is 91.3 cm³/mol. The number of aryl methyl sites for hydroxylation is 1. The summed E-state index contributed by atoms with van der Waals surface area (Å²) in [6.07, 6.45) is 5.90. The van der Waals surface area contributed by atoms with Crippen LogP contribution in [0.3, 0.4) is 0 Å². The molecule has 2 amide bonds. The van der Waals surface area contributed by atoms with Gasteiger partial charge in [-0.05, 0) is 55.0 Å². The molecule has 0 unspecified atom stereocenters. The first-order valence-electron chi connectivity index (χ1n) is 7.71. The van der Waals surface area contributed by atoms with Crippen LogP contribution in [-0.4, -0.2) is 6.03 Å². The topological polar surface area (TPSA) is 41.1 Å². The summed E-state index contributed by atoms with van der Waals surface area (Å²) in [5.74, 6) is -0.0581. The molecule has 0 saturated carbocycles. The highest BCUT2D eigenvalue weighted by molar-refractivity contribution is 6.00. The van der Waals surface area contributed by atoms with Crippen LogP contribution in [0.25, 0.3) is 0 Å². The molecule has 3 nitrogen and oxygen atoms in total. The lowest BCUT2D eigenvalue weighted by Crippen LogP contribution is -2.20. The Hall–Kier alpha value is -2.62. The van der Waals surface area contributed by atoms with Gasteiger partial charge in [-0.3, -0.25) is 0 Å². The number of para-hydroxylation sites is 1. The van der Waals surface area contributed by atoms with E-state index < -0.39 is 0 Å². The zero-order chi connectivity index (χ0) is 16.2. The van der Waals surface area contributed by atoms with E-state index in [1.807, 2.05) is 31.2 Å². The molecule has 4 heteroatoms. The first-order chi connectivity index (χ1) is 11.1. The van der Waals surface area contributed by atoms with Gasteiger partial charge in [0.25, 0.3) is 0 Å². The van der Waals surface area contributed by atoms with Crippen LogP contribution in [0.4, 0.5) is 20.6 Å². The summed E-state index contributed by atoms with van der Waals surface area (Å²) in [7, 11) is 0. The molecule has 2 aromatic carbocycles. The molecule has 2 aromatic rings. The minimum Gasteiger partial charge on any atom is -0.308 e. The van der Waals surface area contributed by atoms with E-state index in [0.29, 0.717) is 11.3 Å². The van der Waals surface area contributed by atoms with Gasteiger partial charge >= 0.3 is 6.03 Å². The molecule has 0 spiro atoms. The van der Waals surface area contributed by atoms with Crippen LogP contribution in [0.2, 0.25) is 0 Å². The summed E-state index contributed by atoms with van der Waals surface area (Å²) in [5.41, 5.74) is 2.86. The number of hydrogen-bond acceptors (Lipinski definition) is 1. The van der Waals surface area contributed by atoms with Gasteiger partial charge < -0.3 is 10.6 Å². The SMILES string of the molecule is Cc1ccccc1NC(=O)Nc1ccc(C2CC=CC2)c(F)c1. The second-order valence-electron chi connectivity index (χ2n) is 5.77. The van der Waals surface area contributed by atoms with Crippen molar-refractivity contribution in [3.05, 3.63) is 71.6 Å². The first-order valence-corrected chi connectivity index (χ1v) is 7.71.